The minimum absolute atomic E-state index is 0.0699. The van der Waals surface area contributed by atoms with Crippen LogP contribution in [0.5, 0.6) is 0 Å². The summed E-state index contributed by atoms with van der Waals surface area (Å²) in [5.41, 5.74) is 0.885. The van der Waals surface area contributed by atoms with Crippen LogP contribution in [-0.4, -0.2) is 36.1 Å². The van der Waals surface area contributed by atoms with E-state index in [1.54, 1.807) is 43.3 Å². The van der Waals surface area contributed by atoms with Crippen LogP contribution in [0.15, 0.2) is 47.1 Å². The summed E-state index contributed by atoms with van der Waals surface area (Å²) < 4.78 is 11.0. The fraction of sp³-hybridized carbons (Fsp3) is 0.286. The number of carbonyl (C=O) groups is 2. The third-order valence-electron chi connectivity index (χ3n) is 4.72. The maximum Gasteiger partial charge on any atom is 0.295 e. The average molecular weight is 446 g/mol. The van der Waals surface area contributed by atoms with Crippen LogP contribution in [0.2, 0.25) is 5.02 Å². The standard InChI is InChI=1S/C21H20ClN3O4S/c1-13-18(19(26)23-15-8-6-14(22)7-9-15)24-21(30-13)25(12-16-4-2-10-28-16)20(27)17-5-3-11-29-17/h3,5-9,11,16H,2,4,10,12H2,1H3,(H,23,26)/t16-/m0/s1. The van der Waals surface area contributed by atoms with Gasteiger partial charge in [-0.2, -0.15) is 0 Å². The molecular weight excluding hydrogens is 426 g/mol. The zero-order chi connectivity index (χ0) is 21.1. The van der Waals surface area contributed by atoms with Gasteiger partial charge in [-0.05, 0) is 56.2 Å². The third kappa shape index (κ3) is 4.56. The predicted molar refractivity (Wildman–Crippen MR) is 116 cm³/mol. The SMILES string of the molecule is Cc1sc(N(C[C@@H]2CCCO2)C(=O)c2ccco2)nc1C(=O)Nc1ccc(Cl)cc1. The molecule has 4 rings (SSSR count). The van der Waals surface area contributed by atoms with Crippen molar-refractivity contribution in [2.45, 2.75) is 25.9 Å². The summed E-state index contributed by atoms with van der Waals surface area (Å²) in [5, 5.41) is 3.83. The lowest BCUT2D eigenvalue weighted by Gasteiger charge is -2.22. The Morgan fingerprint density at radius 1 is 1.30 bits per heavy atom. The quantitative estimate of drug-likeness (QED) is 0.590. The van der Waals surface area contributed by atoms with Crippen molar-refractivity contribution in [2.24, 2.45) is 0 Å². The van der Waals surface area contributed by atoms with Crippen molar-refractivity contribution in [3.63, 3.8) is 0 Å². The number of benzene rings is 1. The second kappa shape index (κ2) is 8.99. The van der Waals surface area contributed by atoms with E-state index in [2.05, 4.69) is 10.3 Å². The number of carbonyl (C=O) groups excluding carboxylic acids is 2. The van der Waals surface area contributed by atoms with Gasteiger partial charge in [0.25, 0.3) is 11.8 Å². The van der Waals surface area contributed by atoms with Crippen LogP contribution in [0.4, 0.5) is 10.8 Å². The van der Waals surface area contributed by atoms with E-state index in [-0.39, 0.29) is 29.4 Å². The fourth-order valence-corrected chi connectivity index (χ4v) is 4.24. The molecule has 2 amide bonds. The molecule has 1 aliphatic heterocycles. The Labute approximate surface area is 182 Å². The number of nitrogens with zero attached hydrogens (tertiary/aromatic N) is 2. The first-order valence-corrected chi connectivity index (χ1v) is 10.7. The predicted octanol–water partition coefficient (Wildman–Crippen LogP) is 4.78. The first-order valence-electron chi connectivity index (χ1n) is 9.52. The molecule has 1 fully saturated rings. The van der Waals surface area contributed by atoms with Crippen LogP contribution in [0.25, 0.3) is 0 Å². The smallest absolute Gasteiger partial charge is 0.295 e. The summed E-state index contributed by atoms with van der Waals surface area (Å²) >= 11 is 7.18. The maximum atomic E-state index is 13.0. The molecule has 156 valence electrons. The zero-order valence-electron chi connectivity index (χ0n) is 16.3. The Bertz CT molecular complexity index is 1030. The highest BCUT2D eigenvalue weighted by Crippen LogP contribution is 2.29. The van der Waals surface area contributed by atoms with E-state index in [0.717, 1.165) is 12.8 Å². The van der Waals surface area contributed by atoms with Crippen LogP contribution in [0.3, 0.4) is 0 Å². The molecule has 2 aromatic heterocycles. The maximum absolute atomic E-state index is 13.0. The molecule has 0 radical (unpaired) electrons. The fourth-order valence-electron chi connectivity index (χ4n) is 3.21. The van der Waals surface area contributed by atoms with E-state index in [9.17, 15) is 9.59 Å². The number of furan rings is 1. The molecule has 0 aliphatic carbocycles. The number of thiazole rings is 1. The molecule has 0 saturated carbocycles. The average Bonchev–Trinajstić information content (AvgIpc) is 3.49. The first-order chi connectivity index (χ1) is 14.5. The van der Waals surface area contributed by atoms with Crippen LogP contribution in [0, 0.1) is 6.92 Å². The Balaban J connectivity index is 1.58. The first kappa shape index (κ1) is 20.6. The Hall–Kier alpha value is -2.68. The second-order valence-corrected chi connectivity index (χ2v) is 8.51. The highest BCUT2D eigenvalue weighted by Gasteiger charge is 2.29. The van der Waals surface area contributed by atoms with Gasteiger partial charge in [-0.3, -0.25) is 14.5 Å². The number of halogens is 1. The number of hydrogen-bond acceptors (Lipinski definition) is 6. The molecule has 7 nitrogen and oxygen atoms in total. The molecule has 3 heterocycles. The van der Waals surface area contributed by atoms with Crippen molar-refractivity contribution in [2.75, 3.05) is 23.4 Å². The number of rotatable bonds is 6. The normalized spacial score (nSPS) is 15.9. The molecule has 30 heavy (non-hydrogen) atoms. The van der Waals surface area contributed by atoms with Crippen LogP contribution in [0.1, 0.15) is 38.8 Å². The minimum Gasteiger partial charge on any atom is -0.459 e. The van der Waals surface area contributed by atoms with Crippen molar-refractivity contribution < 1.29 is 18.7 Å². The molecule has 1 N–H and O–H groups in total. The van der Waals surface area contributed by atoms with E-state index in [1.165, 1.54) is 22.5 Å². The van der Waals surface area contributed by atoms with Gasteiger partial charge in [0.2, 0.25) is 0 Å². The molecule has 1 aromatic carbocycles. The second-order valence-electron chi connectivity index (χ2n) is 6.89. The monoisotopic (exact) mass is 445 g/mol. The number of amides is 2. The third-order valence-corrected chi connectivity index (χ3v) is 5.97. The summed E-state index contributed by atoms with van der Waals surface area (Å²) in [5.74, 6) is -0.443. The number of nitrogens with one attached hydrogen (secondary N) is 1. The van der Waals surface area contributed by atoms with Crippen molar-refractivity contribution in [1.82, 2.24) is 4.98 Å². The van der Waals surface area contributed by atoms with Gasteiger partial charge in [0.05, 0.1) is 18.9 Å². The molecule has 9 heteroatoms. The van der Waals surface area contributed by atoms with Gasteiger partial charge < -0.3 is 14.5 Å². The zero-order valence-corrected chi connectivity index (χ0v) is 17.8. The highest BCUT2D eigenvalue weighted by atomic mass is 35.5. The van der Waals surface area contributed by atoms with Crippen LogP contribution >= 0.6 is 22.9 Å². The lowest BCUT2D eigenvalue weighted by molar-refractivity contribution is 0.0894. The molecule has 1 atom stereocenters. The molecule has 0 unspecified atom stereocenters. The van der Waals surface area contributed by atoms with Crippen LogP contribution < -0.4 is 10.2 Å². The largest absolute Gasteiger partial charge is 0.459 e. The molecule has 3 aromatic rings. The lowest BCUT2D eigenvalue weighted by atomic mass is 10.2. The number of anilines is 2. The highest BCUT2D eigenvalue weighted by molar-refractivity contribution is 7.16. The number of ether oxygens (including phenoxy) is 1. The van der Waals surface area contributed by atoms with E-state index >= 15 is 0 Å². The van der Waals surface area contributed by atoms with E-state index < -0.39 is 0 Å². The van der Waals surface area contributed by atoms with Gasteiger partial charge in [0.15, 0.2) is 10.9 Å². The molecule has 0 bridgehead atoms. The minimum atomic E-state index is -0.347. The van der Waals surface area contributed by atoms with E-state index in [0.29, 0.717) is 33.9 Å². The lowest BCUT2D eigenvalue weighted by Crippen LogP contribution is -2.37. The Kier molecular flexibility index (Phi) is 6.17. The van der Waals surface area contributed by atoms with Gasteiger partial charge in [-0.15, -0.1) is 11.3 Å². The van der Waals surface area contributed by atoms with Crippen molar-refractivity contribution >= 4 is 45.6 Å². The summed E-state index contributed by atoms with van der Waals surface area (Å²) in [4.78, 5) is 32.5. The Morgan fingerprint density at radius 3 is 2.77 bits per heavy atom. The summed E-state index contributed by atoms with van der Waals surface area (Å²) in [6, 6.07) is 10.1. The van der Waals surface area contributed by atoms with E-state index in [1.807, 2.05) is 0 Å². The summed E-state index contributed by atoms with van der Waals surface area (Å²) in [6.07, 6.45) is 3.21. The van der Waals surface area contributed by atoms with Crippen molar-refractivity contribution in [1.29, 1.82) is 0 Å². The number of hydrogen-bond donors (Lipinski definition) is 1. The topological polar surface area (TPSA) is 84.7 Å². The molecule has 1 saturated heterocycles. The van der Waals surface area contributed by atoms with Gasteiger partial charge in [-0.1, -0.05) is 11.6 Å². The van der Waals surface area contributed by atoms with E-state index in [4.69, 9.17) is 20.8 Å². The van der Waals surface area contributed by atoms with Gasteiger partial charge >= 0.3 is 0 Å². The summed E-state index contributed by atoms with van der Waals surface area (Å²) in [6.45, 7) is 2.84. The van der Waals surface area contributed by atoms with Crippen molar-refractivity contribution in [3.05, 3.63) is 64.0 Å². The van der Waals surface area contributed by atoms with Crippen molar-refractivity contribution in [3.8, 4) is 0 Å². The van der Waals surface area contributed by atoms with Crippen LogP contribution in [-0.2, 0) is 4.74 Å². The molecular formula is C21H20ClN3O4S. The molecule has 1 aliphatic rings. The summed E-state index contributed by atoms with van der Waals surface area (Å²) in [7, 11) is 0. The molecule has 0 spiro atoms. The van der Waals surface area contributed by atoms with Gasteiger partial charge in [0.1, 0.15) is 5.69 Å². The van der Waals surface area contributed by atoms with Gasteiger partial charge in [0, 0.05) is 22.2 Å². The Morgan fingerprint density at radius 2 is 2.10 bits per heavy atom. The van der Waals surface area contributed by atoms with Gasteiger partial charge in [-0.25, -0.2) is 4.98 Å². The number of aromatic nitrogens is 1. The number of aryl methyl sites for hydroxylation is 1.